The predicted molar refractivity (Wildman–Crippen MR) is 262 cm³/mol. The molecule has 12 rings (SSSR count). The van der Waals surface area contributed by atoms with E-state index in [0.29, 0.717) is 0 Å². The number of hydrogen-bond acceptors (Lipinski definition) is 0. The maximum absolute atomic E-state index is 2.47. The maximum Gasteiger partial charge on any atom is -0.00201 e. The van der Waals surface area contributed by atoms with E-state index in [0.717, 1.165) is 0 Å². The lowest BCUT2D eigenvalue weighted by atomic mass is 9.83. The summed E-state index contributed by atoms with van der Waals surface area (Å²) >= 11 is 0. The molecule has 0 heteroatoms. The number of benzene rings is 12. The van der Waals surface area contributed by atoms with Gasteiger partial charge in [-0.1, -0.05) is 220 Å². The van der Waals surface area contributed by atoms with Crippen LogP contribution >= 0.6 is 0 Å². The van der Waals surface area contributed by atoms with E-state index in [-0.39, 0.29) is 0 Å². The fraction of sp³-hybridized carbons (Fsp3) is 0.0333. The topological polar surface area (TPSA) is 0 Å². The molecule has 0 amide bonds. The van der Waals surface area contributed by atoms with Crippen molar-refractivity contribution in [1.29, 1.82) is 0 Å². The molecule has 0 aliphatic carbocycles. The van der Waals surface area contributed by atoms with Gasteiger partial charge >= 0.3 is 0 Å². The van der Waals surface area contributed by atoms with Crippen molar-refractivity contribution in [1.82, 2.24) is 0 Å². The van der Waals surface area contributed by atoms with Crippen molar-refractivity contribution in [3.05, 3.63) is 218 Å². The monoisotopic (exact) mass is 762 g/mol. The maximum atomic E-state index is 2.47. The van der Waals surface area contributed by atoms with Crippen molar-refractivity contribution in [3.8, 4) is 44.5 Å². The van der Waals surface area contributed by atoms with Gasteiger partial charge in [0.05, 0.1) is 0 Å². The molecule has 0 bridgehead atoms. The largest absolute Gasteiger partial charge is 0.0683 e. The van der Waals surface area contributed by atoms with Gasteiger partial charge in [-0.2, -0.15) is 0 Å². The highest BCUT2D eigenvalue weighted by atomic mass is 14.2. The molecular weight excluding hydrogens is 721 g/mol. The molecule has 0 unspecified atom stereocenters. The Morgan fingerprint density at radius 3 is 1.00 bits per heavy atom. The smallest absolute Gasteiger partial charge is 0.00201 e. The van der Waals surface area contributed by atoms with Crippen LogP contribution in [0.2, 0.25) is 0 Å². The third-order valence-corrected chi connectivity index (χ3v) is 12.4. The SMILES string of the molecule is CC.c1ccc(-c2c3ccccc3c(-c3cccc4cc5ccc6c(-c7c8ccccc8c(-c8ccccc8)c8ccccc78)cccc6c5cc34)c3ccccc23)cc1. The molecule has 0 N–H and O–H groups in total. The first-order valence-corrected chi connectivity index (χ1v) is 21.2. The van der Waals surface area contributed by atoms with Crippen molar-refractivity contribution in [2.45, 2.75) is 13.8 Å². The fourth-order valence-corrected chi connectivity index (χ4v) is 9.97. The summed E-state index contributed by atoms with van der Waals surface area (Å²) in [4.78, 5) is 0. The molecule has 0 nitrogen and oxygen atoms in total. The van der Waals surface area contributed by atoms with Gasteiger partial charge in [-0.25, -0.2) is 0 Å². The van der Waals surface area contributed by atoms with Crippen LogP contribution in [0.3, 0.4) is 0 Å². The number of rotatable bonds is 4. The number of hydrogen-bond donors (Lipinski definition) is 0. The van der Waals surface area contributed by atoms with Crippen LogP contribution in [0.15, 0.2) is 218 Å². The summed E-state index contributed by atoms with van der Waals surface area (Å²) in [6.45, 7) is 4.00. The second-order valence-electron chi connectivity index (χ2n) is 15.5. The summed E-state index contributed by atoms with van der Waals surface area (Å²) in [6, 6.07) is 80.8. The van der Waals surface area contributed by atoms with Gasteiger partial charge in [-0.15, -0.1) is 0 Å². The first kappa shape index (κ1) is 35.6. The second kappa shape index (κ2) is 14.7. The summed E-state index contributed by atoms with van der Waals surface area (Å²) in [7, 11) is 0. The molecular formula is C60H42. The van der Waals surface area contributed by atoms with Crippen LogP contribution in [0, 0.1) is 0 Å². The summed E-state index contributed by atoms with van der Waals surface area (Å²) in [5.41, 5.74) is 10.1. The van der Waals surface area contributed by atoms with Crippen molar-refractivity contribution >= 4 is 75.4 Å². The summed E-state index contributed by atoms with van der Waals surface area (Å²) < 4.78 is 0. The Bertz CT molecular complexity index is 3480. The van der Waals surface area contributed by atoms with Gasteiger partial charge in [0.1, 0.15) is 0 Å². The Morgan fingerprint density at radius 2 is 0.550 bits per heavy atom. The fourth-order valence-electron chi connectivity index (χ4n) is 9.97. The molecule has 0 aliphatic rings. The Kier molecular flexibility index (Phi) is 8.72. The van der Waals surface area contributed by atoms with Crippen LogP contribution in [0.25, 0.3) is 120 Å². The molecule has 0 atom stereocenters. The normalized spacial score (nSPS) is 11.5. The molecule has 0 aromatic heterocycles. The van der Waals surface area contributed by atoms with Crippen molar-refractivity contribution in [2.24, 2.45) is 0 Å². The molecule has 0 fully saturated rings. The van der Waals surface area contributed by atoms with E-state index in [1.54, 1.807) is 0 Å². The second-order valence-corrected chi connectivity index (χ2v) is 15.5. The van der Waals surface area contributed by atoms with Gasteiger partial charge in [0.15, 0.2) is 0 Å². The molecule has 60 heavy (non-hydrogen) atoms. The zero-order valence-electron chi connectivity index (χ0n) is 33.8. The van der Waals surface area contributed by atoms with E-state index in [1.165, 1.54) is 120 Å². The molecule has 0 saturated carbocycles. The Hall–Kier alpha value is -7.54. The summed E-state index contributed by atoms with van der Waals surface area (Å²) in [5, 5.41) is 17.7. The standard InChI is InChI=1S/C58H36.C2H6/c1-3-17-37(18-4-1)55-44-22-7-11-26-48(44)57(49-27-12-8-23-45(49)55)43-32-16-30-41-42(43)34-33-40-35-39-21-15-31-52(54(39)36-53(40)41)58-50-28-13-9-24-46(50)56(38-19-5-2-6-20-38)47-25-10-14-29-51(47)58;1-2/h1-36H;1-2H3. The van der Waals surface area contributed by atoms with E-state index < -0.39 is 0 Å². The minimum Gasteiger partial charge on any atom is -0.0683 e. The average molecular weight is 763 g/mol. The molecule has 0 saturated heterocycles. The Balaban J connectivity index is 0.00000201. The van der Waals surface area contributed by atoms with E-state index in [1.807, 2.05) is 13.8 Å². The van der Waals surface area contributed by atoms with Crippen LogP contribution in [0.5, 0.6) is 0 Å². The molecule has 0 spiro atoms. The third kappa shape index (κ3) is 5.53. The quantitative estimate of drug-likeness (QED) is 0.124. The van der Waals surface area contributed by atoms with Crippen molar-refractivity contribution < 1.29 is 0 Å². The van der Waals surface area contributed by atoms with Gasteiger partial charge in [-0.3, -0.25) is 0 Å². The van der Waals surface area contributed by atoms with Crippen molar-refractivity contribution in [2.75, 3.05) is 0 Å². The van der Waals surface area contributed by atoms with Gasteiger partial charge in [0.25, 0.3) is 0 Å². The van der Waals surface area contributed by atoms with E-state index in [2.05, 4.69) is 218 Å². The van der Waals surface area contributed by atoms with Crippen LogP contribution in [0.1, 0.15) is 13.8 Å². The highest BCUT2D eigenvalue weighted by molar-refractivity contribution is 6.27. The molecule has 12 aromatic carbocycles. The highest BCUT2D eigenvalue weighted by Crippen LogP contribution is 2.48. The zero-order chi connectivity index (χ0) is 40.2. The van der Waals surface area contributed by atoms with Gasteiger partial charge in [0.2, 0.25) is 0 Å². The molecule has 12 aromatic rings. The Labute approximate surface area is 350 Å². The van der Waals surface area contributed by atoms with Gasteiger partial charge in [0, 0.05) is 0 Å². The van der Waals surface area contributed by atoms with Gasteiger partial charge < -0.3 is 0 Å². The molecule has 282 valence electrons. The van der Waals surface area contributed by atoms with Crippen molar-refractivity contribution in [3.63, 3.8) is 0 Å². The highest BCUT2D eigenvalue weighted by Gasteiger charge is 2.20. The summed E-state index contributed by atoms with van der Waals surface area (Å²) in [6.07, 6.45) is 0. The predicted octanol–water partition coefficient (Wildman–Crippen LogP) is 17.5. The van der Waals surface area contributed by atoms with Crippen LogP contribution in [-0.4, -0.2) is 0 Å². The minimum atomic E-state index is 1.24. The summed E-state index contributed by atoms with van der Waals surface area (Å²) in [5.74, 6) is 0. The van der Waals surface area contributed by atoms with Crippen LogP contribution in [0.4, 0.5) is 0 Å². The molecule has 0 aliphatic heterocycles. The third-order valence-electron chi connectivity index (χ3n) is 12.4. The van der Waals surface area contributed by atoms with Crippen LogP contribution in [-0.2, 0) is 0 Å². The number of fused-ring (bicyclic) bond motifs is 8. The van der Waals surface area contributed by atoms with Gasteiger partial charge in [-0.05, 0) is 132 Å². The first-order chi connectivity index (χ1) is 29.8. The lowest BCUT2D eigenvalue weighted by molar-refractivity contribution is 1.50. The van der Waals surface area contributed by atoms with E-state index >= 15 is 0 Å². The van der Waals surface area contributed by atoms with E-state index in [4.69, 9.17) is 0 Å². The first-order valence-electron chi connectivity index (χ1n) is 21.2. The minimum absolute atomic E-state index is 1.24. The Morgan fingerprint density at radius 1 is 0.200 bits per heavy atom. The molecule has 0 heterocycles. The zero-order valence-corrected chi connectivity index (χ0v) is 33.8. The molecule has 0 radical (unpaired) electrons. The lowest BCUT2D eigenvalue weighted by Crippen LogP contribution is -1.92. The lowest BCUT2D eigenvalue weighted by Gasteiger charge is -2.20. The van der Waals surface area contributed by atoms with E-state index in [9.17, 15) is 0 Å². The average Bonchev–Trinajstić information content (AvgIpc) is 3.32. The van der Waals surface area contributed by atoms with Crippen LogP contribution < -0.4 is 0 Å².